The molecule has 8 nitrogen and oxygen atoms in total. The Hall–Kier alpha value is -2.72. The van der Waals surface area contributed by atoms with E-state index in [1.54, 1.807) is 30.3 Å². The molecule has 0 aliphatic carbocycles. The standard InChI is InChI=1S/C26H33ClFN3O5/c1-29-23(10-17-4-3-8-35-16-17)15-31-25(32)19-6-2-5-18(11-19)24(36-9-7-30-26(33)34)20-12-21(27)14-22(28)13-20/h2,5-6,11-14,17,23-24,29-30H,3-4,7-10,15-16H2,1H3,(H,31,32)(H,33,34)/t17-,23+,24-/m1/s1. The molecule has 1 saturated heterocycles. The highest BCUT2D eigenvalue weighted by Gasteiger charge is 2.21. The largest absolute Gasteiger partial charge is 0.465 e. The summed E-state index contributed by atoms with van der Waals surface area (Å²) in [5, 5.41) is 17.5. The van der Waals surface area contributed by atoms with Crippen LogP contribution in [0.5, 0.6) is 0 Å². The molecule has 1 heterocycles. The molecule has 0 bridgehead atoms. The summed E-state index contributed by atoms with van der Waals surface area (Å²) in [5.74, 6) is -0.284. The monoisotopic (exact) mass is 521 g/mol. The lowest BCUT2D eigenvalue weighted by atomic mass is 9.94. The zero-order valence-electron chi connectivity index (χ0n) is 20.3. The van der Waals surface area contributed by atoms with Crippen molar-refractivity contribution < 1.29 is 28.6 Å². The molecule has 0 unspecified atom stereocenters. The SMILES string of the molecule is CN[C@H](CNC(=O)c1cccc([C@@H](OCCNC(=O)O)c2cc(F)cc(Cl)c2)c1)C[C@H]1CCCOC1. The zero-order chi connectivity index (χ0) is 25.9. The molecular weight excluding hydrogens is 489 g/mol. The fourth-order valence-corrected chi connectivity index (χ4v) is 4.54. The number of hydrogen-bond donors (Lipinski definition) is 4. The van der Waals surface area contributed by atoms with E-state index in [0.717, 1.165) is 32.5 Å². The van der Waals surface area contributed by atoms with E-state index in [-0.39, 0.29) is 30.1 Å². The number of amides is 2. The first-order valence-corrected chi connectivity index (χ1v) is 12.4. The average Bonchev–Trinajstić information content (AvgIpc) is 2.86. The second kappa shape index (κ2) is 14.1. The molecule has 0 radical (unpaired) electrons. The number of halogens is 2. The molecule has 1 fully saturated rings. The first-order valence-electron chi connectivity index (χ1n) is 12.0. The molecule has 36 heavy (non-hydrogen) atoms. The number of carbonyl (C=O) groups excluding carboxylic acids is 1. The first-order chi connectivity index (χ1) is 17.4. The fourth-order valence-electron chi connectivity index (χ4n) is 4.31. The number of hydrogen-bond acceptors (Lipinski definition) is 5. The third kappa shape index (κ3) is 8.74. The highest BCUT2D eigenvalue weighted by Crippen LogP contribution is 2.29. The minimum atomic E-state index is -1.17. The van der Waals surface area contributed by atoms with Crippen molar-refractivity contribution in [2.24, 2.45) is 5.92 Å². The molecule has 2 aromatic carbocycles. The molecule has 196 valence electrons. The van der Waals surface area contributed by atoms with Crippen LogP contribution in [-0.2, 0) is 9.47 Å². The average molecular weight is 522 g/mol. The van der Waals surface area contributed by atoms with Crippen molar-refractivity contribution in [3.05, 3.63) is 70.0 Å². The number of benzene rings is 2. The van der Waals surface area contributed by atoms with E-state index in [9.17, 15) is 14.0 Å². The van der Waals surface area contributed by atoms with Crippen molar-refractivity contribution in [3.63, 3.8) is 0 Å². The molecule has 4 N–H and O–H groups in total. The van der Waals surface area contributed by atoms with E-state index in [1.807, 2.05) is 7.05 Å². The second-order valence-electron chi connectivity index (χ2n) is 8.83. The molecular formula is C26H33ClFN3O5. The van der Waals surface area contributed by atoms with Gasteiger partial charge in [0.15, 0.2) is 0 Å². The Morgan fingerprint density at radius 1 is 1.22 bits per heavy atom. The van der Waals surface area contributed by atoms with Gasteiger partial charge in [-0.2, -0.15) is 0 Å². The number of carbonyl (C=O) groups is 2. The van der Waals surface area contributed by atoms with Crippen molar-refractivity contribution >= 4 is 23.6 Å². The number of carboxylic acid groups (broad SMARTS) is 1. The molecule has 0 spiro atoms. The molecule has 0 saturated carbocycles. The molecule has 3 atom stereocenters. The normalized spacial score (nSPS) is 17.2. The highest BCUT2D eigenvalue weighted by molar-refractivity contribution is 6.30. The Kier molecular flexibility index (Phi) is 10.9. The van der Waals surface area contributed by atoms with Gasteiger partial charge in [0.25, 0.3) is 5.91 Å². The lowest BCUT2D eigenvalue weighted by molar-refractivity contribution is 0.0478. The second-order valence-corrected chi connectivity index (χ2v) is 9.26. The van der Waals surface area contributed by atoms with Gasteiger partial charge in [-0.25, -0.2) is 9.18 Å². The van der Waals surface area contributed by atoms with Crippen LogP contribution in [0.25, 0.3) is 0 Å². The number of nitrogens with one attached hydrogen (secondary N) is 3. The summed E-state index contributed by atoms with van der Waals surface area (Å²) in [4.78, 5) is 23.7. The van der Waals surface area contributed by atoms with E-state index >= 15 is 0 Å². The van der Waals surface area contributed by atoms with Crippen LogP contribution >= 0.6 is 11.6 Å². The molecule has 2 aromatic rings. The van der Waals surface area contributed by atoms with Gasteiger partial charge >= 0.3 is 6.09 Å². The van der Waals surface area contributed by atoms with Gasteiger partial charge in [-0.3, -0.25) is 4.79 Å². The van der Waals surface area contributed by atoms with Crippen molar-refractivity contribution in [3.8, 4) is 0 Å². The summed E-state index contributed by atoms with van der Waals surface area (Å²) in [6.45, 7) is 2.12. The minimum Gasteiger partial charge on any atom is -0.465 e. The topological polar surface area (TPSA) is 109 Å². The summed E-state index contributed by atoms with van der Waals surface area (Å²) in [6.07, 6.45) is 1.18. The predicted molar refractivity (Wildman–Crippen MR) is 135 cm³/mol. The number of ether oxygens (including phenoxy) is 2. The summed E-state index contributed by atoms with van der Waals surface area (Å²) in [5.41, 5.74) is 1.50. The smallest absolute Gasteiger partial charge is 0.404 e. The Bertz CT molecular complexity index is 999. The predicted octanol–water partition coefficient (Wildman–Crippen LogP) is 3.99. The fraction of sp³-hybridized carbons (Fsp3) is 0.462. The van der Waals surface area contributed by atoms with Gasteiger partial charge in [0.2, 0.25) is 0 Å². The Morgan fingerprint density at radius 2 is 2.06 bits per heavy atom. The lowest BCUT2D eigenvalue weighted by Gasteiger charge is -2.26. The van der Waals surface area contributed by atoms with Gasteiger partial charge in [0.1, 0.15) is 11.9 Å². The van der Waals surface area contributed by atoms with Crippen LogP contribution in [0.4, 0.5) is 9.18 Å². The molecule has 10 heteroatoms. The van der Waals surface area contributed by atoms with E-state index in [1.165, 1.54) is 12.1 Å². The molecule has 0 aromatic heterocycles. The Balaban J connectivity index is 1.70. The van der Waals surface area contributed by atoms with Crippen LogP contribution in [0.15, 0.2) is 42.5 Å². The Morgan fingerprint density at radius 3 is 2.75 bits per heavy atom. The number of likely N-dealkylation sites (N-methyl/N-ethyl adjacent to an activating group) is 1. The highest BCUT2D eigenvalue weighted by atomic mass is 35.5. The van der Waals surface area contributed by atoms with Crippen molar-refractivity contribution in [2.45, 2.75) is 31.4 Å². The van der Waals surface area contributed by atoms with Gasteiger partial charge in [0, 0.05) is 42.9 Å². The molecule has 1 aliphatic rings. The summed E-state index contributed by atoms with van der Waals surface area (Å²) in [7, 11) is 1.88. The van der Waals surface area contributed by atoms with Gasteiger partial charge in [-0.1, -0.05) is 23.7 Å². The van der Waals surface area contributed by atoms with Gasteiger partial charge in [0.05, 0.1) is 6.61 Å². The zero-order valence-corrected chi connectivity index (χ0v) is 21.0. The number of rotatable bonds is 12. The van der Waals surface area contributed by atoms with Gasteiger partial charge < -0.3 is 30.5 Å². The van der Waals surface area contributed by atoms with Crippen molar-refractivity contribution in [1.82, 2.24) is 16.0 Å². The van der Waals surface area contributed by atoms with E-state index in [0.29, 0.717) is 29.2 Å². The van der Waals surface area contributed by atoms with Crippen LogP contribution in [-0.4, -0.2) is 63.1 Å². The minimum absolute atomic E-state index is 0.0379. The van der Waals surface area contributed by atoms with E-state index in [2.05, 4.69) is 16.0 Å². The maximum Gasteiger partial charge on any atom is 0.404 e. The van der Waals surface area contributed by atoms with E-state index < -0.39 is 18.0 Å². The molecule has 3 rings (SSSR count). The lowest BCUT2D eigenvalue weighted by Crippen LogP contribution is -2.41. The summed E-state index contributed by atoms with van der Waals surface area (Å²) in [6, 6.07) is 11.1. The van der Waals surface area contributed by atoms with Crippen molar-refractivity contribution in [2.75, 3.05) is 40.0 Å². The third-order valence-corrected chi connectivity index (χ3v) is 6.31. The summed E-state index contributed by atoms with van der Waals surface area (Å²) < 4.78 is 25.5. The van der Waals surface area contributed by atoms with Crippen LogP contribution in [0.2, 0.25) is 5.02 Å². The molecule has 1 aliphatic heterocycles. The summed E-state index contributed by atoms with van der Waals surface area (Å²) >= 11 is 6.06. The quantitative estimate of drug-likeness (QED) is 0.314. The maximum atomic E-state index is 14.1. The van der Waals surface area contributed by atoms with Crippen LogP contribution in [0, 0.1) is 11.7 Å². The van der Waals surface area contributed by atoms with Gasteiger partial charge in [-0.15, -0.1) is 0 Å². The molecule has 2 amide bonds. The van der Waals surface area contributed by atoms with Crippen LogP contribution in [0.1, 0.15) is 46.9 Å². The van der Waals surface area contributed by atoms with Gasteiger partial charge in [-0.05, 0) is 73.7 Å². The third-order valence-electron chi connectivity index (χ3n) is 6.09. The van der Waals surface area contributed by atoms with E-state index in [4.69, 9.17) is 26.2 Å². The van der Waals surface area contributed by atoms with Crippen molar-refractivity contribution in [1.29, 1.82) is 0 Å². The Labute approximate surface area is 215 Å². The van der Waals surface area contributed by atoms with Crippen LogP contribution in [0.3, 0.4) is 0 Å². The maximum absolute atomic E-state index is 14.1. The first kappa shape index (κ1) is 27.9. The van der Waals surface area contributed by atoms with Crippen LogP contribution < -0.4 is 16.0 Å².